The third kappa shape index (κ3) is 2.28. The van der Waals surface area contributed by atoms with E-state index >= 15 is 0 Å². The summed E-state index contributed by atoms with van der Waals surface area (Å²) < 4.78 is 4.41. The van der Waals surface area contributed by atoms with E-state index in [0.717, 1.165) is 5.69 Å². The molecule has 0 saturated heterocycles. The quantitative estimate of drug-likeness (QED) is 0.443. The van der Waals surface area contributed by atoms with E-state index in [1.165, 1.54) is 22.0 Å². The predicted molar refractivity (Wildman–Crippen MR) is 105 cm³/mol. The third-order valence-electron chi connectivity index (χ3n) is 4.75. The maximum absolute atomic E-state index is 13.3. The summed E-state index contributed by atoms with van der Waals surface area (Å²) in [5.41, 5.74) is 1.36. The number of para-hydroxylation sites is 1. The summed E-state index contributed by atoms with van der Waals surface area (Å²) in [6.45, 7) is 1.77. The van der Waals surface area contributed by atoms with Gasteiger partial charge in [0.05, 0.1) is 22.0 Å². The zero-order valence-corrected chi connectivity index (χ0v) is 14.9. The van der Waals surface area contributed by atoms with Crippen molar-refractivity contribution in [3.8, 4) is 5.69 Å². The number of hydrogen-bond donors (Lipinski definition) is 0. The van der Waals surface area contributed by atoms with E-state index in [2.05, 4.69) is 15.2 Å². The Hall–Kier alpha value is -4.07. The van der Waals surface area contributed by atoms with Gasteiger partial charge in [0, 0.05) is 23.5 Å². The molecule has 5 aromatic rings. The number of fused-ring (bicyclic) bond motifs is 3. The van der Waals surface area contributed by atoms with Crippen LogP contribution in [0.3, 0.4) is 0 Å². The van der Waals surface area contributed by atoms with Crippen LogP contribution in [0.25, 0.3) is 27.4 Å². The lowest BCUT2D eigenvalue weighted by atomic mass is 10.1. The molecular formula is C20H14N6O2. The second-order valence-corrected chi connectivity index (χ2v) is 6.38. The molecule has 1 aromatic carbocycles. The normalized spacial score (nSPS) is 11.3. The minimum atomic E-state index is -0.293. The number of rotatable bonds is 2. The van der Waals surface area contributed by atoms with Crippen LogP contribution in [0.15, 0.2) is 77.1 Å². The van der Waals surface area contributed by atoms with Gasteiger partial charge in [0.2, 0.25) is 0 Å². The first-order chi connectivity index (χ1) is 13.6. The van der Waals surface area contributed by atoms with Crippen molar-refractivity contribution < 1.29 is 0 Å². The Bertz CT molecular complexity index is 1450. The Morgan fingerprint density at radius 3 is 2.32 bits per heavy atom. The van der Waals surface area contributed by atoms with Crippen LogP contribution >= 0.6 is 0 Å². The molecule has 0 aliphatic heterocycles. The van der Waals surface area contributed by atoms with Crippen molar-refractivity contribution in [2.45, 2.75) is 6.92 Å². The molecule has 0 saturated carbocycles. The lowest BCUT2D eigenvalue weighted by Crippen LogP contribution is -2.26. The monoisotopic (exact) mass is 370 g/mol. The average molecular weight is 370 g/mol. The van der Waals surface area contributed by atoms with Crippen molar-refractivity contribution in [1.82, 2.24) is 29.1 Å². The van der Waals surface area contributed by atoms with Crippen LogP contribution in [-0.2, 0) is 0 Å². The molecule has 0 aliphatic carbocycles. The van der Waals surface area contributed by atoms with Gasteiger partial charge in [-0.2, -0.15) is 0 Å². The van der Waals surface area contributed by atoms with E-state index in [1.54, 1.807) is 36.0 Å². The summed E-state index contributed by atoms with van der Waals surface area (Å²) in [7, 11) is 0. The first kappa shape index (κ1) is 16.1. The molecule has 0 atom stereocenters. The van der Waals surface area contributed by atoms with E-state index in [1.807, 2.05) is 30.3 Å². The highest BCUT2D eigenvalue weighted by Gasteiger charge is 2.15. The molecule has 28 heavy (non-hydrogen) atoms. The van der Waals surface area contributed by atoms with E-state index in [-0.39, 0.29) is 11.1 Å². The van der Waals surface area contributed by atoms with Gasteiger partial charge in [0.1, 0.15) is 12.7 Å². The fraction of sp³-hybridized carbons (Fsp3) is 0.0500. The Labute approximate surface area is 157 Å². The van der Waals surface area contributed by atoms with Crippen LogP contribution in [0.2, 0.25) is 0 Å². The summed E-state index contributed by atoms with van der Waals surface area (Å²) in [5, 5.41) is 8.86. The highest BCUT2D eigenvalue weighted by molar-refractivity contribution is 6.05. The number of aromatic nitrogens is 6. The lowest BCUT2D eigenvalue weighted by molar-refractivity contribution is 0.632. The Morgan fingerprint density at radius 1 is 0.821 bits per heavy atom. The smallest absolute Gasteiger partial charge is 0.279 e. The van der Waals surface area contributed by atoms with Gasteiger partial charge < -0.3 is 0 Å². The summed E-state index contributed by atoms with van der Waals surface area (Å²) in [5.74, 6) is 0. The zero-order chi connectivity index (χ0) is 19.3. The van der Waals surface area contributed by atoms with Gasteiger partial charge >= 0.3 is 0 Å². The van der Waals surface area contributed by atoms with Gasteiger partial charge in [-0.1, -0.05) is 18.2 Å². The first-order valence-electron chi connectivity index (χ1n) is 8.63. The molecule has 0 amide bonds. The highest BCUT2D eigenvalue weighted by Crippen LogP contribution is 2.22. The molecule has 0 bridgehead atoms. The number of benzene rings is 1. The van der Waals surface area contributed by atoms with E-state index in [4.69, 9.17) is 0 Å². The number of aryl methyl sites for hydroxylation is 1. The standard InChI is InChI=1S/C20H14N6O2/c1-13-17-15(7-10-26(20(17)28)24-11-21-22-12-24)18-16(23-13)8-9-25(19(18)27)14-5-3-2-4-6-14/h2-12H,1H3. The Balaban J connectivity index is 1.90. The van der Waals surface area contributed by atoms with Gasteiger partial charge in [-0.15, -0.1) is 10.2 Å². The molecule has 0 spiro atoms. The molecule has 0 aliphatic rings. The van der Waals surface area contributed by atoms with E-state index in [9.17, 15) is 9.59 Å². The van der Waals surface area contributed by atoms with Crippen LogP contribution in [0.5, 0.6) is 0 Å². The maximum atomic E-state index is 13.3. The van der Waals surface area contributed by atoms with E-state index in [0.29, 0.717) is 27.4 Å². The minimum absolute atomic E-state index is 0.220. The molecule has 0 radical (unpaired) electrons. The molecular weight excluding hydrogens is 356 g/mol. The van der Waals surface area contributed by atoms with Crippen LogP contribution in [0.4, 0.5) is 0 Å². The number of hydrogen-bond acceptors (Lipinski definition) is 5. The molecule has 4 aromatic heterocycles. The number of nitrogens with zero attached hydrogens (tertiary/aromatic N) is 6. The molecule has 0 N–H and O–H groups in total. The number of pyridine rings is 3. The van der Waals surface area contributed by atoms with Gasteiger partial charge in [0.25, 0.3) is 11.1 Å². The van der Waals surface area contributed by atoms with Crippen LogP contribution in [-0.4, -0.2) is 29.1 Å². The SMILES string of the molecule is Cc1nc2ccn(-c3ccccc3)c(=O)c2c2ccn(-n3cnnc3)c(=O)c12. The molecule has 0 unspecified atom stereocenters. The largest absolute Gasteiger partial charge is 0.284 e. The van der Waals surface area contributed by atoms with Crippen LogP contribution in [0, 0.1) is 6.92 Å². The fourth-order valence-electron chi connectivity index (χ4n) is 3.47. The van der Waals surface area contributed by atoms with Crippen molar-refractivity contribution in [1.29, 1.82) is 0 Å². The molecule has 8 heteroatoms. The second kappa shape index (κ2) is 5.98. The first-order valence-corrected chi connectivity index (χ1v) is 8.63. The van der Waals surface area contributed by atoms with Crippen molar-refractivity contribution in [2.24, 2.45) is 0 Å². The van der Waals surface area contributed by atoms with Gasteiger partial charge in [-0.3, -0.25) is 19.1 Å². The summed E-state index contributed by atoms with van der Waals surface area (Å²) >= 11 is 0. The highest BCUT2D eigenvalue weighted by atomic mass is 16.1. The Kier molecular flexibility index (Phi) is 3.45. The van der Waals surface area contributed by atoms with Crippen molar-refractivity contribution in [2.75, 3.05) is 0 Å². The van der Waals surface area contributed by atoms with E-state index < -0.39 is 0 Å². The van der Waals surface area contributed by atoms with Gasteiger partial charge in [-0.25, -0.2) is 9.35 Å². The molecule has 136 valence electrons. The minimum Gasteiger partial charge on any atom is -0.284 e. The lowest BCUT2D eigenvalue weighted by Gasteiger charge is -2.12. The fourth-order valence-corrected chi connectivity index (χ4v) is 3.47. The topological polar surface area (TPSA) is 87.6 Å². The van der Waals surface area contributed by atoms with Crippen molar-refractivity contribution in [3.63, 3.8) is 0 Å². The average Bonchev–Trinajstić information content (AvgIpc) is 3.23. The molecule has 0 fully saturated rings. The summed E-state index contributed by atoms with van der Waals surface area (Å²) in [6, 6.07) is 12.9. The Morgan fingerprint density at radius 2 is 1.57 bits per heavy atom. The molecule has 5 rings (SSSR count). The summed E-state index contributed by atoms with van der Waals surface area (Å²) in [4.78, 5) is 30.9. The zero-order valence-electron chi connectivity index (χ0n) is 14.9. The molecule has 4 heterocycles. The second-order valence-electron chi connectivity index (χ2n) is 6.38. The molecule has 8 nitrogen and oxygen atoms in total. The van der Waals surface area contributed by atoms with Gasteiger partial charge in [0.15, 0.2) is 0 Å². The maximum Gasteiger partial charge on any atom is 0.279 e. The van der Waals surface area contributed by atoms with Crippen molar-refractivity contribution >= 4 is 21.7 Å². The van der Waals surface area contributed by atoms with Crippen LogP contribution in [0.1, 0.15) is 5.69 Å². The van der Waals surface area contributed by atoms with Gasteiger partial charge in [-0.05, 0) is 31.2 Å². The summed E-state index contributed by atoms with van der Waals surface area (Å²) in [6.07, 6.45) is 6.17. The van der Waals surface area contributed by atoms with Crippen LogP contribution < -0.4 is 11.1 Å². The third-order valence-corrected chi connectivity index (χ3v) is 4.75. The predicted octanol–water partition coefficient (Wildman–Crippen LogP) is 1.91. The van der Waals surface area contributed by atoms with Crippen molar-refractivity contribution in [3.05, 3.63) is 93.9 Å².